The summed E-state index contributed by atoms with van der Waals surface area (Å²) in [4.78, 5) is 0. The van der Waals surface area contributed by atoms with Crippen LogP contribution >= 0.6 is 15.9 Å². The third kappa shape index (κ3) is 0.976. The lowest BCUT2D eigenvalue weighted by Crippen LogP contribution is -1.88. The molecule has 0 aliphatic carbocycles. The molecule has 2 rings (SSSR count). The fraction of sp³-hybridized carbons (Fsp3) is 0.250. The van der Waals surface area contributed by atoms with E-state index in [1.54, 1.807) is 0 Å². The SMILES string of the molecule is Brc1ccc2c(c1)C[N]C2. The number of hydrogen-bond acceptors (Lipinski definition) is 0. The molecule has 0 saturated carbocycles. The molecule has 1 aliphatic heterocycles. The maximum atomic E-state index is 4.27. The summed E-state index contributed by atoms with van der Waals surface area (Å²) in [6.45, 7) is 1.80. The summed E-state index contributed by atoms with van der Waals surface area (Å²) in [6, 6.07) is 6.35. The van der Waals surface area contributed by atoms with Crippen molar-refractivity contribution in [3.8, 4) is 0 Å². The van der Waals surface area contributed by atoms with E-state index in [0.717, 1.165) is 17.6 Å². The van der Waals surface area contributed by atoms with Gasteiger partial charge in [-0.25, -0.2) is 5.32 Å². The van der Waals surface area contributed by atoms with Crippen molar-refractivity contribution in [2.45, 2.75) is 13.1 Å². The second-order valence-electron chi connectivity index (χ2n) is 2.45. The first-order valence-electron chi connectivity index (χ1n) is 3.27. The van der Waals surface area contributed by atoms with E-state index in [1.165, 1.54) is 11.1 Å². The van der Waals surface area contributed by atoms with E-state index in [9.17, 15) is 0 Å². The van der Waals surface area contributed by atoms with Gasteiger partial charge in [-0.1, -0.05) is 22.0 Å². The van der Waals surface area contributed by atoms with Crippen LogP contribution in [0.1, 0.15) is 11.1 Å². The van der Waals surface area contributed by atoms with Crippen molar-refractivity contribution in [2.24, 2.45) is 0 Å². The predicted octanol–water partition coefficient (Wildman–Crippen LogP) is 2.07. The molecule has 0 spiro atoms. The first-order chi connectivity index (χ1) is 4.86. The number of benzene rings is 1. The lowest BCUT2D eigenvalue weighted by Gasteiger charge is -1.95. The predicted molar refractivity (Wildman–Crippen MR) is 43.7 cm³/mol. The molecular weight excluding hydrogens is 190 g/mol. The average molecular weight is 197 g/mol. The van der Waals surface area contributed by atoms with E-state index in [4.69, 9.17) is 0 Å². The molecule has 0 atom stereocenters. The fourth-order valence-electron chi connectivity index (χ4n) is 1.19. The lowest BCUT2D eigenvalue weighted by atomic mass is 10.1. The van der Waals surface area contributed by atoms with E-state index < -0.39 is 0 Å². The summed E-state index contributed by atoms with van der Waals surface area (Å²) in [7, 11) is 0. The summed E-state index contributed by atoms with van der Waals surface area (Å²) in [5, 5.41) is 4.27. The molecule has 0 bridgehead atoms. The number of hydrogen-bond donors (Lipinski definition) is 0. The Bertz CT molecular complexity index is 257. The molecule has 51 valence electrons. The molecule has 0 N–H and O–H groups in total. The first-order valence-corrected chi connectivity index (χ1v) is 4.06. The fourth-order valence-corrected chi connectivity index (χ4v) is 1.60. The largest absolute Gasteiger partial charge is 0.232 e. The Balaban J connectivity index is 2.52. The zero-order chi connectivity index (χ0) is 6.97. The van der Waals surface area contributed by atoms with Gasteiger partial charge in [0.15, 0.2) is 0 Å². The van der Waals surface area contributed by atoms with Crippen molar-refractivity contribution < 1.29 is 0 Å². The van der Waals surface area contributed by atoms with E-state index >= 15 is 0 Å². The second kappa shape index (κ2) is 2.36. The molecule has 10 heavy (non-hydrogen) atoms. The van der Waals surface area contributed by atoms with Crippen LogP contribution in [0.4, 0.5) is 0 Å². The molecule has 1 radical (unpaired) electrons. The van der Waals surface area contributed by atoms with E-state index in [0.29, 0.717) is 0 Å². The van der Waals surface area contributed by atoms with Crippen molar-refractivity contribution >= 4 is 15.9 Å². The average Bonchev–Trinajstić information content (AvgIpc) is 2.33. The quantitative estimate of drug-likeness (QED) is 0.604. The van der Waals surface area contributed by atoms with E-state index in [1.807, 2.05) is 0 Å². The van der Waals surface area contributed by atoms with E-state index in [2.05, 4.69) is 39.4 Å². The molecule has 1 aromatic rings. The van der Waals surface area contributed by atoms with E-state index in [-0.39, 0.29) is 0 Å². The molecule has 1 heterocycles. The van der Waals surface area contributed by atoms with Gasteiger partial charge in [0.1, 0.15) is 0 Å². The standard InChI is InChI=1S/C8H7BrN/c9-8-2-1-6-4-10-5-7(6)3-8/h1-3H,4-5H2. The smallest absolute Gasteiger partial charge is 0.0391 e. The molecule has 0 saturated heterocycles. The number of nitrogens with zero attached hydrogens (tertiary/aromatic N) is 1. The Morgan fingerprint density at radius 2 is 2.00 bits per heavy atom. The Labute approximate surface area is 68.6 Å². The van der Waals surface area contributed by atoms with Gasteiger partial charge in [0, 0.05) is 17.6 Å². The highest BCUT2D eigenvalue weighted by Gasteiger charge is 2.09. The molecule has 0 fully saturated rings. The molecule has 1 aromatic carbocycles. The zero-order valence-electron chi connectivity index (χ0n) is 5.47. The van der Waals surface area contributed by atoms with Gasteiger partial charge in [0.2, 0.25) is 0 Å². The van der Waals surface area contributed by atoms with Crippen molar-refractivity contribution in [1.29, 1.82) is 0 Å². The summed E-state index contributed by atoms with van der Waals surface area (Å²) in [5.41, 5.74) is 2.75. The van der Waals surface area contributed by atoms with Gasteiger partial charge in [0.25, 0.3) is 0 Å². The number of fused-ring (bicyclic) bond motifs is 1. The second-order valence-corrected chi connectivity index (χ2v) is 3.37. The Kier molecular flexibility index (Phi) is 1.51. The normalized spacial score (nSPS) is 15.3. The Morgan fingerprint density at radius 1 is 1.20 bits per heavy atom. The maximum Gasteiger partial charge on any atom is 0.0391 e. The summed E-state index contributed by atoms with van der Waals surface area (Å²) in [6.07, 6.45) is 0. The van der Waals surface area contributed by atoms with Crippen LogP contribution in [0.3, 0.4) is 0 Å². The third-order valence-corrected chi connectivity index (χ3v) is 2.23. The molecule has 1 aliphatic rings. The molecule has 0 amide bonds. The highest BCUT2D eigenvalue weighted by atomic mass is 79.9. The first kappa shape index (κ1) is 6.38. The highest BCUT2D eigenvalue weighted by Crippen LogP contribution is 2.20. The van der Waals surface area contributed by atoms with Crippen molar-refractivity contribution in [3.63, 3.8) is 0 Å². The lowest BCUT2D eigenvalue weighted by molar-refractivity contribution is 0.746. The Morgan fingerprint density at radius 3 is 2.90 bits per heavy atom. The zero-order valence-corrected chi connectivity index (χ0v) is 7.06. The maximum absolute atomic E-state index is 4.27. The molecule has 0 aromatic heterocycles. The third-order valence-electron chi connectivity index (χ3n) is 1.73. The van der Waals surface area contributed by atoms with Crippen LogP contribution in [-0.2, 0) is 13.1 Å². The number of halogens is 1. The van der Waals surface area contributed by atoms with Crippen LogP contribution in [0.5, 0.6) is 0 Å². The van der Waals surface area contributed by atoms with Gasteiger partial charge in [0.05, 0.1) is 0 Å². The van der Waals surface area contributed by atoms with Crippen molar-refractivity contribution in [3.05, 3.63) is 33.8 Å². The van der Waals surface area contributed by atoms with Gasteiger partial charge in [-0.3, -0.25) is 0 Å². The van der Waals surface area contributed by atoms with Crippen LogP contribution in [0.25, 0.3) is 0 Å². The summed E-state index contributed by atoms with van der Waals surface area (Å²) >= 11 is 3.42. The summed E-state index contributed by atoms with van der Waals surface area (Å²) < 4.78 is 1.16. The number of rotatable bonds is 0. The highest BCUT2D eigenvalue weighted by molar-refractivity contribution is 9.10. The van der Waals surface area contributed by atoms with Crippen molar-refractivity contribution in [2.75, 3.05) is 0 Å². The van der Waals surface area contributed by atoms with Gasteiger partial charge in [-0.2, -0.15) is 0 Å². The molecule has 1 nitrogen and oxygen atoms in total. The van der Waals surface area contributed by atoms with Gasteiger partial charge < -0.3 is 0 Å². The minimum absolute atomic E-state index is 0.898. The summed E-state index contributed by atoms with van der Waals surface area (Å²) in [5.74, 6) is 0. The van der Waals surface area contributed by atoms with Crippen molar-refractivity contribution in [1.82, 2.24) is 5.32 Å². The molecule has 0 unspecified atom stereocenters. The van der Waals surface area contributed by atoms with Gasteiger partial charge in [-0.15, -0.1) is 0 Å². The van der Waals surface area contributed by atoms with Gasteiger partial charge in [-0.05, 0) is 23.3 Å². The monoisotopic (exact) mass is 196 g/mol. The molecule has 2 heteroatoms. The van der Waals surface area contributed by atoms with Crippen LogP contribution in [0.2, 0.25) is 0 Å². The topological polar surface area (TPSA) is 14.1 Å². The van der Waals surface area contributed by atoms with Crippen LogP contribution in [0.15, 0.2) is 22.7 Å². The minimum atomic E-state index is 0.898. The van der Waals surface area contributed by atoms with Gasteiger partial charge >= 0.3 is 0 Å². The van der Waals surface area contributed by atoms with Crippen LogP contribution in [0, 0.1) is 0 Å². The Hall–Kier alpha value is -0.340. The van der Waals surface area contributed by atoms with Crippen LogP contribution < -0.4 is 5.32 Å². The minimum Gasteiger partial charge on any atom is -0.232 e. The van der Waals surface area contributed by atoms with Crippen LogP contribution in [-0.4, -0.2) is 0 Å². The molecular formula is C8H7BrN.